The Kier molecular flexibility index (Phi) is 4.52. The van der Waals surface area contributed by atoms with Gasteiger partial charge in [-0.3, -0.25) is 9.69 Å². The summed E-state index contributed by atoms with van der Waals surface area (Å²) in [5.41, 5.74) is 1.73. The molecule has 0 unspecified atom stereocenters. The molecule has 1 aliphatic heterocycles. The molecule has 0 aromatic carbocycles. The van der Waals surface area contributed by atoms with Gasteiger partial charge in [0.25, 0.3) is 5.91 Å². The van der Waals surface area contributed by atoms with Crippen LogP contribution in [0.5, 0.6) is 0 Å². The Hall–Kier alpha value is -2.08. The van der Waals surface area contributed by atoms with Gasteiger partial charge in [0.2, 0.25) is 0 Å². The number of piperazine rings is 1. The molecule has 0 saturated carbocycles. The number of hydrogen-bond donors (Lipinski definition) is 0. The van der Waals surface area contributed by atoms with Crippen LogP contribution in [0.3, 0.4) is 0 Å². The van der Waals surface area contributed by atoms with Crippen molar-refractivity contribution in [3.8, 4) is 0 Å². The maximum atomic E-state index is 12.7. The van der Waals surface area contributed by atoms with Crippen molar-refractivity contribution in [2.24, 2.45) is 0 Å². The number of hydrogen-bond acceptors (Lipinski definition) is 4. The number of aromatic nitrogens is 2. The molecule has 3 rings (SSSR count). The first-order valence-corrected chi connectivity index (χ1v) is 8.15. The van der Waals surface area contributed by atoms with Gasteiger partial charge in [-0.25, -0.2) is 0 Å². The van der Waals surface area contributed by atoms with Crippen molar-refractivity contribution >= 4 is 5.91 Å². The molecule has 1 fully saturated rings. The van der Waals surface area contributed by atoms with Crippen LogP contribution < -0.4 is 0 Å². The highest BCUT2D eigenvalue weighted by Gasteiger charge is 2.24. The van der Waals surface area contributed by atoms with Crippen molar-refractivity contribution < 1.29 is 9.32 Å². The third-order valence-electron chi connectivity index (χ3n) is 4.28. The molecule has 0 spiro atoms. The van der Waals surface area contributed by atoms with Crippen molar-refractivity contribution in [1.29, 1.82) is 0 Å². The van der Waals surface area contributed by atoms with E-state index in [9.17, 15) is 4.79 Å². The summed E-state index contributed by atoms with van der Waals surface area (Å²) in [5, 5.41) is 4.04. The zero-order valence-electron chi connectivity index (χ0n) is 14.0. The zero-order valence-corrected chi connectivity index (χ0v) is 14.0. The SMILES string of the molecule is Cc1cc(CN2CCN(C(=O)c3cccn3C(C)C)CC2)no1. The molecule has 6 heteroatoms. The lowest BCUT2D eigenvalue weighted by Crippen LogP contribution is -2.48. The average Bonchev–Trinajstić information content (AvgIpc) is 3.16. The highest BCUT2D eigenvalue weighted by Crippen LogP contribution is 2.15. The standard InChI is InChI=1S/C17H24N4O2/c1-13(2)21-6-4-5-16(21)17(22)20-9-7-19(8-10-20)12-15-11-14(3)23-18-15/h4-6,11,13H,7-10,12H2,1-3H3. The van der Waals surface area contributed by atoms with E-state index in [1.807, 2.05) is 40.8 Å². The molecular weight excluding hydrogens is 292 g/mol. The second-order valence-corrected chi connectivity index (χ2v) is 6.39. The van der Waals surface area contributed by atoms with Gasteiger partial charge in [-0.1, -0.05) is 5.16 Å². The predicted molar refractivity (Wildman–Crippen MR) is 87.2 cm³/mol. The van der Waals surface area contributed by atoms with E-state index in [-0.39, 0.29) is 5.91 Å². The van der Waals surface area contributed by atoms with Crippen LogP contribution in [0.4, 0.5) is 0 Å². The normalized spacial score (nSPS) is 16.3. The Labute approximate surface area is 136 Å². The fraction of sp³-hybridized carbons (Fsp3) is 0.529. The highest BCUT2D eigenvalue weighted by molar-refractivity contribution is 5.92. The highest BCUT2D eigenvalue weighted by atomic mass is 16.5. The van der Waals surface area contributed by atoms with Gasteiger partial charge in [-0.15, -0.1) is 0 Å². The van der Waals surface area contributed by atoms with Gasteiger partial charge in [-0.2, -0.15) is 0 Å². The molecule has 124 valence electrons. The largest absolute Gasteiger partial charge is 0.361 e. The van der Waals surface area contributed by atoms with Crippen molar-refractivity contribution in [2.75, 3.05) is 26.2 Å². The maximum Gasteiger partial charge on any atom is 0.270 e. The number of carbonyl (C=O) groups excluding carboxylic acids is 1. The fourth-order valence-electron chi connectivity index (χ4n) is 3.02. The summed E-state index contributed by atoms with van der Waals surface area (Å²) < 4.78 is 7.14. The van der Waals surface area contributed by atoms with Crippen molar-refractivity contribution in [1.82, 2.24) is 19.5 Å². The molecule has 23 heavy (non-hydrogen) atoms. The van der Waals surface area contributed by atoms with Crippen LogP contribution in [0.15, 0.2) is 28.9 Å². The Bertz CT molecular complexity index is 666. The molecule has 1 amide bonds. The lowest BCUT2D eigenvalue weighted by molar-refractivity contribution is 0.0613. The van der Waals surface area contributed by atoms with Crippen molar-refractivity contribution in [3.05, 3.63) is 41.5 Å². The van der Waals surface area contributed by atoms with Gasteiger partial charge in [0.05, 0.1) is 5.69 Å². The second kappa shape index (κ2) is 6.58. The second-order valence-electron chi connectivity index (χ2n) is 6.39. The first-order valence-electron chi connectivity index (χ1n) is 8.15. The minimum atomic E-state index is 0.126. The number of carbonyl (C=O) groups is 1. The third kappa shape index (κ3) is 3.47. The predicted octanol–water partition coefficient (Wildman–Crippen LogP) is 2.32. The molecule has 0 radical (unpaired) electrons. The number of rotatable bonds is 4. The molecule has 0 N–H and O–H groups in total. The third-order valence-corrected chi connectivity index (χ3v) is 4.28. The summed E-state index contributed by atoms with van der Waals surface area (Å²) >= 11 is 0. The minimum Gasteiger partial charge on any atom is -0.361 e. The topological polar surface area (TPSA) is 54.5 Å². The van der Waals surface area contributed by atoms with Crippen LogP contribution in [0.2, 0.25) is 0 Å². The summed E-state index contributed by atoms with van der Waals surface area (Å²) in [7, 11) is 0. The Balaban J connectivity index is 1.58. The number of aryl methyl sites for hydroxylation is 1. The summed E-state index contributed by atoms with van der Waals surface area (Å²) in [4.78, 5) is 17.0. The molecule has 0 aliphatic carbocycles. The molecule has 2 aromatic rings. The molecule has 2 aromatic heterocycles. The van der Waals surface area contributed by atoms with E-state index in [1.54, 1.807) is 0 Å². The molecule has 0 atom stereocenters. The van der Waals surface area contributed by atoms with E-state index < -0.39 is 0 Å². The summed E-state index contributed by atoms with van der Waals surface area (Å²) in [6, 6.07) is 6.11. The van der Waals surface area contributed by atoms with Crippen LogP contribution >= 0.6 is 0 Å². The number of amides is 1. The van der Waals surface area contributed by atoms with Gasteiger partial charge in [0.1, 0.15) is 11.5 Å². The van der Waals surface area contributed by atoms with Gasteiger partial charge < -0.3 is 14.0 Å². The van der Waals surface area contributed by atoms with Gasteiger partial charge in [-0.05, 0) is 32.9 Å². The van der Waals surface area contributed by atoms with Crippen LogP contribution in [0.25, 0.3) is 0 Å². The molecule has 1 aliphatic rings. The average molecular weight is 316 g/mol. The van der Waals surface area contributed by atoms with E-state index in [4.69, 9.17) is 4.52 Å². The van der Waals surface area contributed by atoms with E-state index >= 15 is 0 Å². The molecule has 6 nitrogen and oxygen atoms in total. The van der Waals surface area contributed by atoms with Crippen molar-refractivity contribution in [2.45, 2.75) is 33.4 Å². The van der Waals surface area contributed by atoms with Gasteiger partial charge >= 0.3 is 0 Å². The lowest BCUT2D eigenvalue weighted by atomic mass is 10.2. The Morgan fingerprint density at radius 3 is 2.65 bits per heavy atom. The van der Waals surface area contributed by atoms with E-state index in [2.05, 4.69) is 23.9 Å². The van der Waals surface area contributed by atoms with Crippen LogP contribution in [-0.2, 0) is 6.54 Å². The first kappa shape index (κ1) is 15.8. The van der Waals surface area contributed by atoms with Gasteiger partial charge in [0.15, 0.2) is 0 Å². The molecule has 3 heterocycles. The van der Waals surface area contributed by atoms with Crippen LogP contribution in [0.1, 0.15) is 41.8 Å². The maximum absolute atomic E-state index is 12.7. The quantitative estimate of drug-likeness (QED) is 0.869. The van der Waals surface area contributed by atoms with Crippen LogP contribution in [0, 0.1) is 6.92 Å². The first-order chi connectivity index (χ1) is 11.0. The fourth-order valence-corrected chi connectivity index (χ4v) is 3.02. The monoisotopic (exact) mass is 316 g/mol. The minimum absolute atomic E-state index is 0.126. The molecule has 1 saturated heterocycles. The van der Waals surface area contributed by atoms with E-state index in [0.29, 0.717) is 6.04 Å². The Morgan fingerprint density at radius 2 is 2.04 bits per heavy atom. The Morgan fingerprint density at radius 1 is 1.30 bits per heavy atom. The summed E-state index contributed by atoms with van der Waals surface area (Å²) in [5.74, 6) is 0.962. The van der Waals surface area contributed by atoms with E-state index in [0.717, 1.165) is 49.9 Å². The van der Waals surface area contributed by atoms with E-state index in [1.165, 1.54) is 0 Å². The number of nitrogens with zero attached hydrogens (tertiary/aromatic N) is 4. The lowest BCUT2D eigenvalue weighted by Gasteiger charge is -2.34. The summed E-state index contributed by atoms with van der Waals surface area (Å²) in [6.07, 6.45) is 1.97. The zero-order chi connectivity index (χ0) is 16.4. The molecular formula is C17H24N4O2. The van der Waals surface area contributed by atoms with Gasteiger partial charge in [0, 0.05) is 51.0 Å². The smallest absolute Gasteiger partial charge is 0.270 e. The van der Waals surface area contributed by atoms with Crippen LogP contribution in [-0.4, -0.2) is 51.6 Å². The summed E-state index contributed by atoms with van der Waals surface area (Å²) in [6.45, 7) is 10.1. The van der Waals surface area contributed by atoms with Crippen molar-refractivity contribution in [3.63, 3.8) is 0 Å². The molecule has 0 bridgehead atoms.